The minimum absolute atomic E-state index is 0.0920. The first-order valence-corrected chi connectivity index (χ1v) is 11.5. The number of hydrogen-bond donors (Lipinski definition) is 0. The number of rotatable bonds is 3. The average Bonchev–Trinajstić information content (AvgIpc) is 3.14. The number of hydrogen-bond acceptors (Lipinski definition) is 5. The summed E-state index contributed by atoms with van der Waals surface area (Å²) in [6.45, 7) is 15.9. The number of piperidine rings is 1. The third-order valence-electron chi connectivity index (χ3n) is 7.84. The zero-order valence-corrected chi connectivity index (χ0v) is 19.3. The highest BCUT2D eigenvalue weighted by Gasteiger charge is 2.41. The number of amides is 1. The molecule has 2 fully saturated rings. The second kappa shape index (κ2) is 8.39. The first-order chi connectivity index (χ1) is 14.3. The first kappa shape index (κ1) is 21.4. The van der Waals surface area contributed by atoms with Gasteiger partial charge in [-0.2, -0.15) is 0 Å². The molecule has 2 saturated heterocycles. The monoisotopic (exact) mass is 411 g/mol. The predicted molar refractivity (Wildman–Crippen MR) is 120 cm³/mol. The van der Waals surface area contributed by atoms with Crippen LogP contribution >= 0.6 is 0 Å². The van der Waals surface area contributed by atoms with E-state index in [1.54, 1.807) is 11.9 Å². The van der Waals surface area contributed by atoms with Gasteiger partial charge in [-0.25, -0.2) is 9.97 Å². The Hall–Kier alpha value is -1.79. The van der Waals surface area contributed by atoms with Gasteiger partial charge in [0.25, 0.3) is 5.91 Å². The molecule has 1 aromatic rings. The number of aromatic nitrogens is 2. The Labute approximate surface area is 181 Å². The van der Waals surface area contributed by atoms with E-state index in [0.717, 1.165) is 57.0 Å². The Morgan fingerprint density at radius 1 is 1.07 bits per heavy atom. The van der Waals surface area contributed by atoms with Gasteiger partial charge in [-0.3, -0.25) is 14.6 Å². The van der Waals surface area contributed by atoms with E-state index in [-0.39, 0.29) is 11.4 Å². The van der Waals surface area contributed by atoms with Crippen molar-refractivity contribution >= 4 is 5.91 Å². The van der Waals surface area contributed by atoms with E-state index in [2.05, 4.69) is 46.6 Å². The lowest BCUT2D eigenvalue weighted by molar-refractivity contribution is -0.0251. The van der Waals surface area contributed by atoms with Crippen LogP contribution < -0.4 is 0 Å². The van der Waals surface area contributed by atoms with Crippen LogP contribution in [0.2, 0.25) is 0 Å². The number of piperazine rings is 1. The molecule has 1 aromatic heterocycles. The zero-order chi connectivity index (χ0) is 21.5. The molecule has 30 heavy (non-hydrogen) atoms. The minimum atomic E-state index is 0.0920. The van der Waals surface area contributed by atoms with Gasteiger partial charge in [0.1, 0.15) is 6.33 Å². The molecule has 1 unspecified atom stereocenters. The molecule has 3 heterocycles. The zero-order valence-electron chi connectivity index (χ0n) is 19.3. The smallest absolute Gasteiger partial charge is 0.257 e. The molecule has 0 spiro atoms. The minimum Gasteiger partial charge on any atom is -0.338 e. The largest absolute Gasteiger partial charge is 0.338 e. The summed E-state index contributed by atoms with van der Waals surface area (Å²) < 4.78 is 0. The summed E-state index contributed by atoms with van der Waals surface area (Å²) in [5.74, 6) is 0.0920. The highest BCUT2D eigenvalue weighted by Crippen LogP contribution is 2.34. The van der Waals surface area contributed by atoms with E-state index in [0.29, 0.717) is 17.6 Å². The Morgan fingerprint density at radius 2 is 1.73 bits per heavy atom. The van der Waals surface area contributed by atoms with Crippen molar-refractivity contribution in [1.82, 2.24) is 24.7 Å². The fourth-order valence-corrected chi connectivity index (χ4v) is 5.75. The molecular weight excluding hydrogens is 374 g/mol. The summed E-state index contributed by atoms with van der Waals surface area (Å²) in [6, 6.07) is 1.22. The molecular formula is C24H37N5O. The lowest BCUT2D eigenvalue weighted by Crippen LogP contribution is -2.63. The second-order valence-corrected chi connectivity index (χ2v) is 9.78. The lowest BCUT2D eigenvalue weighted by atomic mass is 9.86. The van der Waals surface area contributed by atoms with Crippen molar-refractivity contribution in [3.8, 4) is 0 Å². The summed E-state index contributed by atoms with van der Waals surface area (Å²) in [5.41, 5.74) is 3.98. The molecule has 1 aliphatic carbocycles. The van der Waals surface area contributed by atoms with Crippen LogP contribution in [-0.4, -0.2) is 80.9 Å². The summed E-state index contributed by atoms with van der Waals surface area (Å²) in [4.78, 5) is 29.0. The van der Waals surface area contributed by atoms with Crippen molar-refractivity contribution in [3.63, 3.8) is 0 Å². The highest BCUT2D eigenvalue weighted by atomic mass is 16.2. The molecule has 1 amide bonds. The van der Waals surface area contributed by atoms with Gasteiger partial charge in [-0.05, 0) is 60.3 Å². The van der Waals surface area contributed by atoms with Crippen molar-refractivity contribution in [2.24, 2.45) is 0 Å². The van der Waals surface area contributed by atoms with Crippen LogP contribution in [0.5, 0.6) is 0 Å². The highest BCUT2D eigenvalue weighted by molar-refractivity contribution is 5.96. The summed E-state index contributed by atoms with van der Waals surface area (Å²) in [6.07, 6.45) is 8.53. The van der Waals surface area contributed by atoms with Gasteiger partial charge in [-0.15, -0.1) is 0 Å². The number of carbonyl (C=O) groups excluding carboxylic acids is 1. The summed E-state index contributed by atoms with van der Waals surface area (Å²) in [7, 11) is 0. The average molecular weight is 412 g/mol. The molecule has 4 rings (SSSR count). The molecule has 0 aromatic carbocycles. The van der Waals surface area contributed by atoms with Gasteiger partial charge in [-0.1, -0.05) is 11.6 Å². The maximum absolute atomic E-state index is 13.1. The van der Waals surface area contributed by atoms with E-state index >= 15 is 0 Å². The lowest BCUT2D eigenvalue weighted by Gasteiger charge is -2.52. The van der Waals surface area contributed by atoms with Gasteiger partial charge in [0, 0.05) is 50.3 Å². The number of nitrogens with zero attached hydrogens (tertiary/aromatic N) is 5. The molecule has 6 nitrogen and oxygen atoms in total. The van der Waals surface area contributed by atoms with Crippen LogP contribution in [0, 0.1) is 13.8 Å². The third-order valence-corrected chi connectivity index (χ3v) is 7.84. The SMILES string of the molecule is CC1=CCCC1N1CCN(C2(C)CCN(C(=O)c3c(C)ncnc3C)CC2)C[C@@H]1C. The maximum Gasteiger partial charge on any atom is 0.257 e. The van der Waals surface area contributed by atoms with E-state index in [4.69, 9.17) is 0 Å². The Morgan fingerprint density at radius 3 is 2.30 bits per heavy atom. The maximum atomic E-state index is 13.1. The molecule has 2 aliphatic heterocycles. The van der Waals surface area contributed by atoms with Gasteiger partial charge in [0.15, 0.2) is 0 Å². The van der Waals surface area contributed by atoms with Crippen LogP contribution in [0.4, 0.5) is 0 Å². The van der Waals surface area contributed by atoms with Crippen LogP contribution in [0.25, 0.3) is 0 Å². The fraction of sp³-hybridized carbons (Fsp3) is 0.708. The van der Waals surface area contributed by atoms with Gasteiger partial charge >= 0.3 is 0 Å². The van der Waals surface area contributed by atoms with Crippen LogP contribution in [-0.2, 0) is 0 Å². The third kappa shape index (κ3) is 3.92. The molecule has 164 valence electrons. The van der Waals surface area contributed by atoms with Crippen molar-refractivity contribution in [1.29, 1.82) is 0 Å². The fourth-order valence-electron chi connectivity index (χ4n) is 5.75. The van der Waals surface area contributed by atoms with Crippen LogP contribution in [0.15, 0.2) is 18.0 Å². The van der Waals surface area contributed by atoms with Crippen molar-refractivity contribution < 1.29 is 4.79 Å². The van der Waals surface area contributed by atoms with Crippen molar-refractivity contribution in [2.45, 2.75) is 77.9 Å². The molecule has 0 N–H and O–H groups in total. The van der Waals surface area contributed by atoms with E-state index in [9.17, 15) is 4.79 Å². The standard InChI is InChI=1S/C24H37N5O/c1-17-7-6-8-21(17)29-14-13-28(15-18(29)2)24(5)9-11-27(12-10-24)23(30)22-19(3)25-16-26-20(22)4/h7,16,18,21H,6,8-15H2,1-5H3/t18-,21?/m0/s1. The topological polar surface area (TPSA) is 52.6 Å². The van der Waals surface area contributed by atoms with Crippen molar-refractivity contribution in [2.75, 3.05) is 32.7 Å². The molecule has 0 bridgehead atoms. The van der Waals surface area contributed by atoms with E-state index in [1.807, 2.05) is 18.7 Å². The van der Waals surface area contributed by atoms with Crippen LogP contribution in [0.1, 0.15) is 68.2 Å². The number of aryl methyl sites for hydroxylation is 2. The van der Waals surface area contributed by atoms with E-state index in [1.165, 1.54) is 12.8 Å². The Bertz CT molecular complexity index is 807. The molecule has 0 saturated carbocycles. The molecule has 0 radical (unpaired) electrons. The summed E-state index contributed by atoms with van der Waals surface area (Å²) >= 11 is 0. The van der Waals surface area contributed by atoms with Gasteiger partial charge in [0.05, 0.1) is 17.0 Å². The molecule has 3 aliphatic rings. The summed E-state index contributed by atoms with van der Waals surface area (Å²) in [5, 5.41) is 0. The molecule has 6 heteroatoms. The Kier molecular flexibility index (Phi) is 5.99. The number of likely N-dealkylation sites (tertiary alicyclic amines) is 1. The first-order valence-electron chi connectivity index (χ1n) is 11.5. The number of carbonyl (C=O) groups is 1. The van der Waals surface area contributed by atoms with Crippen LogP contribution in [0.3, 0.4) is 0 Å². The quantitative estimate of drug-likeness (QED) is 0.715. The normalized spacial score (nSPS) is 27.9. The Balaban J connectivity index is 1.37. The number of allylic oxidation sites excluding steroid dienone is 1. The van der Waals surface area contributed by atoms with Crippen molar-refractivity contribution in [3.05, 3.63) is 34.9 Å². The van der Waals surface area contributed by atoms with Gasteiger partial charge < -0.3 is 4.90 Å². The van der Waals surface area contributed by atoms with E-state index < -0.39 is 0 Å². The molecule has 2 atom stereocenters. The predicted octanol–water partition coefficient (Wildman–Crippen LogP) is 3.20. The second-order valence-electron chi connectivity index (χ2n) is 9.78. The van der Waals surface area contributed by atoms with Gasteiger partial charge in [0.2, 0.25) is 0 Å².